The first kappa shape index (κ1) is 18.5. The molecule has 1 fully saturated rings. The third-order valence-electron chi connectivity index (χ3n) is 4.49. The maximum absolute atomic E-state index is 12.4. The lowest BCUT2D eigenvalue weighted by molar-refractivity contribution is -0.130. The van der Waals surface area contributed by atoms with Crippen LogP contribution in [0, 0.1) is 5.92 Å². The highest BCUT2D eigenvalue weighted by Gasteiger charge is 2.28. The molecule has 6 nitrogen and oxygen atoms in total. The predicted octanol–water partition coefficient (Wildman–Crippen LogP) is 1.29. The summed E-state index contributed by atoms with van der Waals surface area (Å²) in [7, 11) is 1.94. The van der Waals surface area contributed by atoms with Crippen LogP contribution in [0.3, 0.4) is 0 Å². The molecule has 1 unspecified atom stereocenters. The molecule has 2 aliphatic rings. The Balaban J connectivity index is 0.00000208. The molecule has 2 amide bonds. The van der Waals surface area contributed by atoms with E-state index in [2.05, 4.69) is 5.32 Å². The molecule has 24 heavy (non-hydrogen) atoms. The molecule has 3 rings (SSSR count). The van der Waals surface area contributed by atoms with Crippen LogP contribution in [0.4, 0.5) is 5.69 Å². The fraction of sp³-hybridized carbons (Fsp3) is 0.529. The molecule has 0 saturated carbocycles. The summed E-state index contributed by atoms with van der Waals surface area (Å²) in [6, 6.07) is 7.46. The third kappa shape index (κ3) is 3.99. The molecule has 132 valence electrons. The number of hydrogen-bond acceptors (Lipinski definition) is 4. The number of carbonyl (C=O) groups excluding carboxylic acids is 2. The number of para-hydroxylation sites is 2. The van der Waals surface area contributed by atoms with Gasteiger partial charge in [0.05, 0.1) is 5.69 Å². The second-order valence-corrected chi connectivity index (χ2v) is 6.10. The first-order chi connectivity index (χ1) is 11.2. The van der Waals surface area contributed by atoms with Gasteiger partial charge in [-0.1, -0.05) is 12.1 Å². The number of ether oxygens (including phenoxy) is 1. The summed E-state index contributed by atoms with van der Waals surface area (Å²) in [6.45, 7) is 3.02. The van der Waals surface area contributed by atoms with Gasteiger partial charge < -0.3 is 19.9 Å². The molecule has 0 aromatic heterocycles. The Morgan fingerprint density at radius 1 is 1.38 bits per heavy atom. The fourth-order valence-electron chi connectivity index (χ4n) is 3.28. The first-order valence-electron chi connectivity index (χ1n) is 8.13. The molecule has 1 saturated heterocycles. The van der Waals surface area contributed by atoms with E-state index in [9.17, 15) is 9.59 Å². The van der Waals surface area contributed by atoms with Crippen molar-refractivity contribution in [1.82, 2.24) is 10.2 Å². The molecule has 1 atom stereocenters. The molecule has 1 aromatic carbocycles. The number of amides is 2. The van der Waals surface area contributed by atoms with E-state index in [-0.39, 0.29) is 30.8 Å². The summed E-state index contributed by atoms with van der Waals surface area (Å²) in [4.78, 5) is 28.1. The number of hydrogen-bond donors (Lipinski definition) is 1. The van der Waals surface area contributed by atoms with Crippen molar-refractivity contribution in [2.75, 3.05) is 44.7 Å². The highest BCUT2D eigenvalue weighted by atomic mass is 35.5. The van der Waals surface area contributed by atoms with Gasteiger partial charge in [-0.15, -0.1) is 12.4 Å². The van der Waals surface area contributed by atoms with Gasteiger partial charge in [0, 0.05) is 26.1 Å². The zero-order valence-electron chi connectivity index (χ0n) is 13.9. The Kier molecular flexibility index (Phi) is 6.45. The number of fused-ring (bicyclic) bond motifs is 1. The maximum Gasteiger partial charge on any atom is 0.265 e. The van der Waals surface area contributed by atoms with Crippen LogP contribution in [-0.4, -0.2) is 56.5 Å². The van der Waals surface area contributed by atoms with Crippen LogP contribution in [0.25, 0.3) is 0 Å². The van der Waals surface area contributed by atoms with Crippen molar-refractivity contribution in [3.05, 3.63) is 24.3 Å². The van der Waals surface area contributed by atoms with Gasteiger partial charge in [0.25, 0.3) is 5.91 Å². The highest BCUT2D eigenvalue weighted by Crippen LogP contribution is 2.31. The second-order valence-electron chi connectivity index (χ2n) is 6.10. The fourth-order valence-corrected chi connectivity index (χ4v) is 3.28. The van der Waals surface area contributed by atoms with E-state index < -0.39 is 0 Å². The van der Waals surface area contributed by atoms with Crippen molar-refractivity contribution in [3.63, 3.8) is 0 Å². The van der Waals surface area contributed by atoms with Crippen molar-refractivity contribution in [2.45, 2.75) is 12.8 Å². The van der Waals surface area contributed by atoms with Crippen LogP contribution in [-0.2, 0) is 9.59 Å². The summed E-state index contributed by atoms with van der Waals surface area (Å²) in [5.74, 6) is 1.27. The molecule has 1 N–H and O–H groups in total. The first-order valence-corrected chi connectivity index (χ1v) is 8.13. The van der Waals surface area contributed by atoms with Gasteiger partial charge in [0.1, 0.15) is 5.75 Å². The van der Waals surface area contributed by atoms with Gasteiger partial charge in [-0.3, -0.25) is 9.59 Å². The Hall–Kier alpha value is -1.79. The minimum Gasteiger partial charge on any atom is -0.482 e. The number of carbonyl (C=O) groups is 2. The molecule has 1 aromatic rings. The maximum atomic E-state index is 12.4. The molecule has 7 heteroatoms. The number of nitrogens with one attached hydrogen (secondary N) is 1. The molecule has 0 spiro atoms. The van der Waals surface area contributed by atoms with Crippen LogP contribution in [0.2, 0.25) is 0 Å². The van der Waals surface area contributed by atoms with Crippen LogP contribution >= 0.6 is 12.4 Å². The SMILES string of the molecule is CNCC1CCN(C(=O)CCN2C(=O)COc3ccccc32)C1.Cl. The van der Waals surface area contributed by atoms with Crippen molar-refractivity contribution >= 4 is 29.9 Å². The average Bonchev–Trinajstić information content (AvgIpc) is 3.03. The van der Waals surface area contributed by atoms with E-state index in [1.165, 1.54) is 0 Å². The molecule has 2 aliphatic heterocycles. The van der Waals surface area contributed by atoms with Crippen LogP contribution < -0.4 is 15.0 Å². The van der Waals surface area contributed by atoms with E-state index in [4.69, 9.17) is 4.74 Å². The van der Waals surface area contributed by atoms with E-state index in [0.29, 0.717) is 24.6 Å². The topological polar surface area (TPSA) is 61.9 Å². The lowest BCUT2D eigenvalue weighted by Gasteiger charge is -2.29. The number of rotatable bonds is 5. The number of nitrogens with zero attached hydrogens (tertiary/aromatic N) is 2. The van der Waals surface area contributed by atoms with Crippen molar-refractivity contribution in [1.29, 1.82) is 0 Å². The smallest absolute Gasteiger partial charge is 0.265 e. The van der Waals surface area contributed by atoms with Gasteiger partial charge in [-0.2, -0.15) is 0 Å². The number of halogens is 1. The lowest BCUT2D eigenvalue weighted by atomic mass is 10.1. The lowest BCUT2D eigenvalue weighted by Crippen LogP contribution is -2.41. The van der Waals surface area contributed by atoms with Gasteiger partial charge in [-0.05, 0) is 38.1 Å². The van der Waals surface area contributed by atoms with Gasteiger partial charge in [0.2, 0.25) is 5.91 Å². The molecule has 0 bridgehead atoms. The quantitative estimate of drug-likeness (QED) is 0.866. The van der Waals surface area contributed by atoms with E-state index in [1.54, 1.807) is 4.90 Å². The third-order valence-corrected chi connectivity index (χ3v) is 4.49. The standard InChI is InChI=1S/C17H23N3O3.ClH/c1-18-10-13-6-8-19(11-13)16(21)7-9-20-14-4-2-3-5-15(14)23-12-17(20)22;/h2-5,13,18H,6-12H2,1H3;1H. The van der Waals surface area contributed by atoms with Crippen LogP contribution in [0.5, 0.6) is 5.75 Å². The monoisotopic (exact) mass is 353 g/mol. The van der Waals surface area contributed by atoms with Gasteiger partial charge in [0.15, 0.2) is 6.61 Å². The summed E-state index contributed by atoms with van der Waals surface area (Å²) >= 11 is 0. The van der Waals surface area contributed by atoms with Crippen molar-refractivity contribution in [2.24, 2.45) is 5.92 Å². The number of anilines is 1. The normalized spacial score (nSPS) is 19.5. The second kappa shape index (κ2) is 8.35. The molecule has 2 heterocycles. The van der Waals surface area contributed by atoms with Crippen LogP contribution in [0.15, 0.2) is 24.3 Å². The van der Waals surface area contributed by atoms with E-state index >= 15 is 0 Å². The zero-order chi connectivity index (χ0) is 16.2. The Morgan fingerprint density at radius 3 is 2.96 bits per heavy atom. The molecule has 0 radical (unpaired) electrons. The summed E-state index contributed by atoms with van der Waals surface area (Å²) in [5, 5.41) is 3.16. The molecular weight excluding hydrogens is 330 g/mol. The minimum atomic E-state index is -0.0917. The largest absolute Gasteiger partial charge is 0.482 e. The summed E-state index contributed by atoms with van der Waals surface area (Å²) in [5.41, 5.74) is 0.756. The van der Waals surface area contributed by atoms with Crippen molar-refractivity contribution < 1.29 is 14.3 Å². The molecule has 0 aliphatic carbocycles. The number of benzene rings is 1. The predicted molar refractivity (Wildman–Crippen MR) is 94.8 cm³/mol. The summed E-state index contributed by atoms with van der Waals surface area (Å²) in [6.07, 6.45) is 1.40. The van der Waals surface area contributed by atoms with Gasteiger partial charge in [-0.25, -0.2) is 0 Å². The van der Waals surface area contributed by atoms with Gasteiger partial charge >= 0.3 is 0 Å². The molecular formula is C17H24ClN3O3. The van der Waals surface area contributed by atoms with Crippen LogP contribution in [0.1, 0.15) is 12.8 Å². The summed E-state index contributed by atoms with van der Waals surface area (Å²) < 4.78 is 5.42. The average molecular weight is 354 g/mol. The zero-order valence-corrected chi connectivity index (χ0v) is 14.7. The number of likely N-dealkylation sites (tertiary alicyclic amines) is 1. The van der Waals surface area contributed by atoms with E-state index in [0.717, 1.165) is 31.7 Å². The Labute approximate surface area is 148 Å². The Morgan fingerprint density at radius 2 is 2.17 bits per heavy atom. The highest BCUT2D eigenvalue weighted by molar-refractivity contribution is 5.98. The Bertz CT molecular complexity index is 596. The van der Waals surface area contributed by atoms with Crippen molar-refractivity contribution in [3.8, 4) is 5.75 Å². The minimum absolute atomic E-state index is 0. The van der Waals surface area contributed by atoms with E-state index in [1.807, 2.05) is 36.2 Å².